The van der Waals surface area contributed by atoms with Crippen LogP contribution in [0.25, 0.3) is 0 Å². The minimum Gasteiger partial charge on any atom is -0.376 e. The molecule has 16 heavy (non-hydrogen) atoms. The van der Waals surface area contributed by atoms with Crippen LogP contribution in [0.15, 0.2) is 0 Å². The molecule has 2 atom stereocenters. The lowest BCUT2D eigenvalue weighted by molar-refractivity contribution is -0.133. The summed E-state index contributed by atoms with van der Waals surface area (Å²) in [5.41, 5.74) is 10.6. The average molecular weight is 228 g/mol. The molecule has 4 N–H and O–H groups in total. The second-order valence-corrected chi connectivity index (χ2v) is 4.81. The Morgan fingerprint density at radius 2 is 2.25 bits per heavy atom. The Morgan fingerprint density at radius 1 is 1.50 bits per heavy atom. The highest BCUT2D eigenvalue weighted by Gasteiger charge is 2.44. The number of carbonyl (C=O) groups is 1. The Hall–Kier alpha value is -0.650. The van der Waals surface area contributed by atoms with Crippen molar-refractivity contribution in [2.75, 3.05) is 19.8 Å². The van der Waals surface area contributed by atoms with Crippen LogP contribution in [0.5, 0.6) is 0 Å². The van der Waals surface area contributed by atoms with Crippen molar-refractivity contribution in [2.24, 2.45) is 17.4 Å². The zero-order valence-electron chi connectivity index (χ0n) is 9.48. The maximum Gasteiger partial charge on any atom is 0.237 e. The molecule has 2 aliphatic rings. The maximum atomic E-state index is 11.3. The number of primary amides is 1. The molecule has 2 rings (SSSR count). The number of nitrogens with two attached hydrogens (primary N) is 2. The van der Waals surface area contributed by atoms with Crippen LogP contribution >= 0.6 is 0 Å². The van der Waals surface area contributed by atoms with Crippen molar-refractivity contribution in [3.05, 3.63) is 0 Å². The number of rotatable bonds is 5. The van der Waals surface area contributed by atoms with Gasteiger partial charge in [-0.1, -0.05) is 6.42 Å². The highest BCUT2D eigenvalue weighted by Crippen LogP contribution is 2.35. The second kappa shape index (κ2) is 4.69. The van der Waals surface area contributed by atoms with E-state index in [1.54, 1.807) is 0 Å². The normalized spacial score (nSPS) is 34.9. The number of amides is 1. The number of hydrogen-bond donors (Lipinski definition) is 2. The van der Waals surface area contributed by atoms with E-state index < -0.39 is 5.54 Å². The van der Waals surface area contributed by atoms with Crippen molar-refractivity contribution in [3.63, 3.8) is 0 Å². The van der Waals surface area contributed by atoms with Crippen LogP contribution in [0.1, 0.15) is 25.7 Å². The summed E-state index contributed by atoms with van der Waals surface area (Å²) in [7, 11) is 0. The van der Waals surface area contributed by atoms with E-state index in [1.165, 1.54) is 0 Å². The lowest BCUT2D eigenvalue weighted by atomic mass is 9.85. The van der Waals surface area contributed by atoms with Gasteiger partial charge in [-0.25, -0.2) is 0 Å². The Bertz CT molecular complexity index is 268. The third kappa shape index (κ3) is 2.21. The van der Waals surface area contributed by atoms with E-state index >= 15 is 0 Å². The molecule has 5 nitrogen and oxygen atoms in total. The minimum atomic E-state index is -0.806. The molecular formula is C11H20N2O3. The van der Waals surface area contributed by atoms with Gasteiger partial charge in [0.15, 0.2) is 0 Å². The van der Waals surface area contributed by atoms with Gasteiger partial charge in [0.1, 0.15) is 6.10 Å². The molecule has 1 saturated heterocycles. The largest absolute Gasteiger partial charge is 0.376 e. The predicted octanol–water partition coefficient (Wildman–Crippen LogP) is -0.225. The Labute approximate surface area is 95.4 Å². The van der Waals surface area contributed by atoms with Crippen LogP contribution in [-0.2, 0) is 14.3 Å². The highest BCUT2D eigenvalue weighted by atomic mass is 16.6. The second-order valence-electron chi connectivity index (χ2n) is 4.81. The first-order valence-corrected chi connectivity index (χ1v) is 5.91. The molecule has 1 heterocycles. The van der Waals surface area contributed by atoms with Gasteiger partial charge in [-0.15, -0.1) is 0 Å². The van der Waals surface area contributed by atoms with Crippen LogP contribution in [0.4, 0.5) is 0 Å². The summed E-state index contributed by atoms with van der Waals surface area (Å²) in [6.45, 7) is 2.02. The zero-order valence-corrected chi connectivity index (χ0v) is 9.48. The number of carbonyl (C=O) groups excluding carboxylic acids is 1. The fourth-order valence-corrected chi connectivity index (χ4v) is 2.52. The van der Waals surface area contributed by atoms with Crippen molar-refractivity contribution in [1.82, 2.24) is 0 Å². The summed E-state index contributed by atoms with van der Waals surface area (Å²) in [6.07, 6.45) is 3.72. The summed E-state index contributed by atoms with van der Waals surface area (Å²) in [5, 5.41) is 0. The standard InChI is InChI=1S/C11H20N2O3/c12-10(14)11(13)4-1-2-8(11)3-5-16-9-6-15-7-9/h8-9H,1-7,13H2,(H2,12,14). The van der Waals surface area contributed by atoms with Gasteiger partial charge in [-0.05, 0) is 25.2 Å². The third-order valence-corrected chi connectivity index (χ3v) is 3.76. The van der Waals surface area contributed by atoms with Crippen molar-refractivity contribution < 1.29 is 14.3 Å². The number of ether oxygens (including phenoxy) is 2. The van der Waals surface area contributed by atoms with Gasteiger partial charge >= 0.3 is 0 Å². The highest BCUT2D eigenvalue weighted by molar-refractivity contribution is 5.85. The molecule has 1 aliphatic heterocycles. The molecule has 0 aromatic heterocycles. The van der Waals surface area contributed by atoms with E-state index in [2.05, 4.69) is 0 Å². The quantitative estimate of drug-likeness (QED) is 0.680. The van der Waals surface area contributed by atoms with Gasteiger partial charge in [-0.3, -0.25) is 4.79 Å². The molecule has 92 valence electrons. The molecule has 1 amide bonds. The first-order chi connectivity index (χ1) is 7.63. The van der Waals surface area contributed by atoms with Crippen molar-refractivity contribution >= 4 is 5.91 Å². The monoisotopic (exact) mass is 228 g/mol. The topological polar surface area (TPSA) is 87.6 Å². The molecule has 0 spiro atoms. The molecule has 2 unspecified atom stereocenters. The van der Waals surface area contributed by atoms with Crippen molar-refractivity contribution in [2.45, 2.75) is 37.3 Å². The van der Waals surface area contributed by atoms with Crippen molar-refractivity contribution in [3.8, 4) is 0 Å². The molecule has 2 fully saturated rings. The minimum absolute atomic E-state index is 0.172. The van der Waals surface area contributed by atoms with Gasteiger partial charge in [-0.2, -0.15) is 0 Å². The van der Waals surface area contributed by atoms with E-state index in [0.29, 0.717) is 26.2 Å². The molecule has 1 aliphatic carbocycles. The molecule has 0 aromatic rings. The Kier molecular flexibility index (Phi) is 3.47. The summed E-state index contributed by atoms with van der Waals surface area (Å²) >= 11 is 0. The van der Waals surface area contributed by atoms with Crippen LogP contribution in [0, 0.1) is 5.92 Å². The van der Waals surface area contributed by atoms with E-state index in [-0.39, 0.29) is 17.9 Å². The maximum absolute atomic E-state index is 11.3. The molecule has 1 saturated carbocycles. The summed E-state index contributed by atoms with van der Waals surface area (Å²) < 4.78 is 10.6. The first-order valence-electron chi connectivity index (χ1n) is 5.91. The van der Waals surface area contributed by atoms with Gasteiger partial charge < -0.3 is 20.9 Å². The number of hydrogen-bond acceptors (Lipinski definition) is 4. The summed E-state index contributed by atoms with van der Waals surface area (Å²) in [5.74, 6) is -0.201. The zero-order chi connectivity index (χ0) is 11.6. The third-order valence-electron chi connectivity index (χ3n) is 3.76. The van der Waals surface area contributed by atoms with Gasteiger partial charge in [0, 0.05) is 6.61 Å². The smallest absolute Gasteiger partial charge is 0.237 e. The van der Waals surface area contributed by atoms with Crippen LogP contribution in [0.3, 0.4) is 0 Å². The molecule has 5 heteroatoms. The molecule has 0 bridgehead atoms. The lowest BCUT2D eigenvalue weighted by Crippen LogP contribution is -2.54. The summed E-state index contributed by atoms with van der Waals surface area (Å²) in [6, 6.07) is 0. The fraction of sp³-hybridized carbons (Fsp3) is 0.909. The average Bonchev–Trinajstić information content (AvgIpc) is 2.53. The van der Waals surface area contributed by atoms with Crippen LogP contribution in [0.2, 0.25) is 0 Å². The van der Waals surface area contributed by atoms with Gasteiger partial charge in [0.2, 0.25) is 5.91 Å². The molecular weight excluding hydrogens is 208 g/mol. The van der Waals surface area contributed by atoms with Crippen LogP contribution < -0.4 is 11.5 Å². The predicted molar refractivity (Wildman–Crippen MR) is 58.6 cm³/mol. The van der Waals surface area contributed by atoms with E-state index in [0.717, 1.165) is 19.3 Å². The lowest BCUT2D eigenvalue weighted by Gasteiger charge is -2.30. The van der Waals surface area contributed by atoms with E-state index in [9.17, 15) is 4.79 Å². The summed E-state index contributed by atoms with van der Waals surface area (Å²) in [4.78, 5) is 11.3. The SMILES string of the molecule is NC(=O)C1(N)CCCC1CCOC1COC1. The van der Waals surface area contributed by atoms with Crippen molar-refractivity contribution in [1.29, 1.82) is 0 Å². The molecule has 0 radical (unpaired) electrons. The fourth-order valence-electron chi connectivity index (χ4n) is 2.52. The Balaban J connectivity index is 1.76. The first kappa shape index (κ1) is 11.8. The Morgan fingerprint density at radius 3 is 2.81 bits per heavy atom. The van der Waals surface area contributed by atoms with E-state index in [1.807, 2.05) is 0 Å². The van der Waals surface area contributed by atoms with E-state index in [4.69, 9.17) is 20.9 Å². The van der Waals surface area contributed by atoms with Crippen LogP contribution in [-0.4, -0.2) is 37.4 Å². The van der Waals surface area contributed by atoms with Gasteiger partial charge in [0.25, 0.3) is 0 Å². The molecule has 0 aromatic carbocycles. The van der Waals surface area contributed by atoms with Gasteiger partial charge in [0.05, 0.1) is 18.8 Å².